The third-order valence-electron chi connectivity index (χ3n) is 6.36. The van der Waals surface area contributed by atoms with E-state index in [1.54, 1.807) is 23.5 Å². The maximum Gasteiger partial charge on any atom is 0.256 e. The Morgan fingerprint density at radius 1 is 1.33 bits per heavy atom. The molecule has 0 radical (unpaired) electrons. The molecular weight excluding hydrogens is 424 g/mol. The topological polar surface area (TPSA) is 61.4 Å². The summed E-state index contributed by atoms with van der Waals surface area (Å²) in [6, 6.07) is 5.26. The van der Waals surface area contributed by atoms with Gasteiger partial charge in [0.2, 0.25) is 0 Å². The molecule has 2 unspecified atom stereocenters. The van der Waals surface area contributed by atoms with Crippen LogP contribution in [-0.4, -0.2) is 11.0 Å². The van der Waals surface area contributed by atoms with Gasteiger partial charge in [-0.3, -0.25) is 4.79 Å². The number of rotatable bonds is 3. The molecule has 2 aromatic rings. The molecule has 2 aliphatic rings. The normalized spacial score (nSPS) is 21.9. The van der Waals surface area contributed by atoms with E-state index in [1.165, 1.54) is 16.9 Å². The summed E-state index contributed by atoms with van der Waals surface area (Å²) in [4.78, 5) is 14.2. The van der Waals surface area contributed by atoms with Gasteiger partial charge in [0.05, 0.1) is 5.56 Å². The minimum Gasteiger partial charge on any atom is -0.508 e. The number of fused-ring (bicyclic) bond motifs is 3. The number of phenols is 1. The highest BCUT2D eigenvalue weighted by atomic mass is 79.9. The van der Waals surface area contributed by atoms with E-state index in [4.69, 9.17) is 0 Å². The number of hydrogen-bond donors (Lipinski definition) is 3. The average Bonchev–Trinajstić information content (AvgIpc) is 3.01. The maximum absolute atomic E-state index is 12.9. The quantitative estimate of drug-likeness (QED) is 0.571. The largest absolute Gasteiger partial charge is 0.508 e. The number of amides is 1. The fourth-order valence-electron chi connectivity index (χ4n) is 4.17. The Hall–Kier alpha value is -1.53. The van der Waals surface area contributed by atoms with Crippen LogP contribution in [0.4, 0.5) is 5.00 Å². The molecule has 1 aromatic carbocycles. The minimum absolute atomic E-state index is 0.0428. The van der Waals surface area contributed by atoms with Crippen LogP contribution in [0.15, 0.2) is 22.7 Å². The average molecular weight is 449 g/mol. The first-order chi connectivity index (χ1) is 12.8. The van der Waals surface area contributed by atoms with E-state index in [0.717, 1.165) is 34.3 Å². The second-order valence-corrected chi connectivity index (χ2v) is 10.3. The predicted molar refractivity (Wildman–Crippen MR) is 114 cm³/mol. The van der Waals surface area contributed by atoms with E-state index in [2.05, 4.69) is 47.3 Å². The van der Waals surface area contributed by atoms with Gasteiger partial charge in [-0.2, -0.15) is 0 Å². The lowest BCUT2D eigenvalue weighted by Crippen LogP contribution is -2.38. The fourth-order valence-corrected chi connectivity index (χ4v) is 5.90. The van der Waals surface area contributed by atoms with Gasteiger partial charge >= 0.3 is 0 Å². The molecule has 1 aromatic heterocycles. The van der Waals surface area contributed by atoms with Crippen molar-refractivity contribution in [3.63, 3.8) is 0 Å². The molecule has 0 bridgehead atoms. The first-order valence-electron chi connectivity index (χ1n) is 9.50. The molecule has 4 rings (SSSR count). The van der Waals surface area contributed by atoms with Gasteiger partial charge in [0, 0.05) is 14.9 Å². The highest BCUT2D eigenvalue weighted by Gasteiger charge is 2.37. The van der Waals surface area contributed by atoms with Crippen LogP contribution in [-0.2, 0) is 12.8 Å². The molecule has 2 heterocycles. The number of hydrogen-bond acceptors (Lipinski definition) is 4. The van der Waals surface area contributed by atoms with Crippen molar-refractivity contribution in [2.45, 2.75) is 52.6 Å². The summed E-state index contributed by atoms with van der Waals surface area (Å²) in [6.07, 6.45) is 3.90. The summed E-state index contributed by atoms with van der Waals surface area (Å²) >= 11 is 5.15. The van der Waals surface area contributed by atoms with E-state index in [-0.39, 0.29) is 11.7 Å². The van der Waals surface area contributed by atoms with Gasteiger partial charge in [-0.15, -0.1) is 11.3 Å². The molecular formula is C21H25BrN2O2S. The third-order valence-corrected chi connectivity index (χ3v) is 8.04. The van der Waals surface area contributed by atoms with Crippen molar-refractivity contribution in [1.82, 2.24) is 5.32 Å². The summed E-state index contributed by atoms with van der Waals surface area (Å²) in [5.74, 6) is 0.785. The number of nitrogens with one attached hydrogen (secondary N) is 2. The lowest BCUT2D eigenvalue weighted by molar-refractivity contribution is 0.0934. The zero-order valence-corrected chi connectivity index (χ0v) is 18.3. The first-order valence-corrected chi connectivity index (χ1v) is 11.1. The zero-order valence-electron chi connectivity index (χ0n) is 15.9. The lowest BCUT2D eigenvalue weighted by atomic mass is 9.69. The van der Waals surface area contributed by atoms with Crippen LogP contribution >= 0.6 is 27.3 Å². The summed E-state index contributed by atoms with van der Waals surface area (Å²) in [5, 5.41) is 17.6. The fraction of sp³-hybridized carbons (Fsp3) is 0.476. The molecule has 2 atom stereocenters. The summed E-state index contributed by atoms with van der Waals surface area (Å²) in [6.45, 7) is 6.97. The Labute approximate surface area is 172 Å². The van der Waals surface area contributed by atoms with Gasteiger partial charge in [-0.1, -0.05) is 43.1 Å². The standard InChI is InChI=1S/C21H25BrN2O2S/c1-4-21(2,3)11-5-7-13-16(9-11)27-20-17(13)19(26)23-18(24-20)14-10-12(22)6-8-15(14)25/h6,8,10-11,18,24-25H,4-5,7,9H2,1-3H3,(H,23,26). The van der Waals surface area contributed by atoms with Crippen molar-refractivity contribution in [3.8, 4) is 5.75 Å². The zero-order chi connectivity index (χ0) is 19.3. The van der Waals surface area contributed by atoms with E-state index < -0.39 is 6.17 Å². The number of carbonyl (C=O) groups excluding carboxylic acids is 1. The first kappa shape index (κ1) is 18.8. The molecule has 0 spiro atoms. The maximum atomic E-state index is 12.9. The highest BCUT2D eigenvalue weighted by Crippen LogP contribution is 2.47. The number of phenolic OH excluding ortho intramolecular Hbond substituents is 1. The molecule has 1 aliphatic carbocycles. The molecule has 3 N–H and O–H groups in total. The van der Waals surface area contributed by atoms with Crippen molar-refractivity contribution < 1.29 is 9.90 Å². The van der Waals surface area contributed by atoms with Crippen molar-refractivity contribution in [3.05, 3.63) is 44.2 Å². The van der Waals surface area contributed by atoms with Gasteiger partial charge in [-0.05, 0) is 54.4 Å². The summed E-state index contributed by atoms with van der Waals surface area (Å²) < 4.78 is 0.868. The minimum atomic E-state index is -0.425. The SMILES string of the molecule is CCC(C)(C)C1CCc2c(sc3c2C(=O)NC(c2cc(Br)ccc2O)N3)C1. The van der Waals surface area contributed by atoms with E-state index in [0.29, 0.717) is 16.9 Å². The number of carbonyl (C=O) groups is 1. The lowest BCUT2D eigenvalue weighted by Gasteiger charge is -2.36. The summed E-state index contributed by atoms with van der Waals surface area (Å²) in [5.41, 5.74) is 3.02. The van der Waals surface area contributed by atoms with E-state index in [1.807, 2.05) is 6.07 Å². The van der Waals surface area contributed by atoms with Crippen LogP contribution in [0.25, 0.3) is 0 Å². The van der Waals surface area contributed by atoms with Gasteiger partial charge in [0.1, 0.15) is 16.9 Å². The van der Waals surface area contributed by atoms with Gasteiger partial charge in [-0.25, -0.2) is 0 Å². The molecule has 6 heteroatoms. The molecule has 0 saturated heterocycles. The predicted octanol–water partition coefficient (Wildman–Crippen LogP) is 5.61. The Kier molecular flexibility index (Phi) is 4.75. The second-order valence-electron chi connectivity index (χ2n) is 8.24. The number of thiophene rings is 1. The molecule has 1 amide bonds. The third kappa shape index (κ3) is 3.27. The monoisotopic (exact) mass is 448 g/mol. The van der Waals surface area contributed by atoms with Crippen molar-refractivity contribution in [2.75, 3.05) is 5.32 Å². The van der Waals surface area contributed by atoms with Crippen LogP contribution in [0.2, 0.25) is 0 Å². The summed E-state index contributed by atoms with van der Waals surface area (Å²) in [7, 11) is 0. The molecule has 4 nitrogen and oxygen atoms in total. The van der Waals surface area contributed by atoms with Gasteiger partial charge < -0.3 is 15.7 Å². The molecule has 27 heavy (non-hydrogen) atoms. The van der Waals surface area contributed by atoms with Gasteiger partial charge in [0.15, 0.2) is 0 Å². The van der Waals surface area contributed by atoms with Crippen LogP contribution < -0.4 is 10.6 Å². The van der Waals surface area contributed by atoms with E-state index in [9.17, 15) is 9.90 Å². The van der Waals surface area contributed by atoms with Crippen LogP contribution in [0, 0.1) is 11.3 Å². The number of anilines is 1. The van der Waals surface area contributed by atoms with Crippen molar-refractivity contribution >= 4 is 38.2 Å². The number of aromatic hydroxyl groups is 1. The Bertz CT molecular complexity index is 906. The Morgan fingerprint density at radius 3 is 2.85 bits per heavy atom. The molecule has 0 fully saturated rings. The smallest absolute Gasteiger partial charge is 0.256 e. The van der Waals surface area contributed by atoms with Crippen molar-refractivity contribution in [2.24, 2.45) is 11.3 Å². The van der Waals surface area contributed by atoms with Crippen molar-refractivity contribution in [1.29, 1.82) is 0 Å². The molecule has 144 valence electrons. The Balaban J connectivity index is 1.66. The molecule has 0 saturated carbocycles. The van der Waals surface area contributed by atoms with Crippen LogP contribution in [0.1, 0.15) is 66.1 Å². The van der Waals surface area contributed by atoms with Crippen LogP contribution in [0.5, 0.6) is 5.75 Å². The second kappa shape index (κ2) is 6.82. The molecule has 1 aliphatic heterocycles. The van der Waals surface area contributed by atoms with Crippen LogP contribution in [0.3, 0.4) is 0 Å². The Morgan fingerprint density at radius 2 is 2.11 bits per heavy atom. The highest BCUT2D eigenvalue weighted by molar-refractivity contribution is 9.10. The van der Waals surface area contributed by atoms with E-state index >= 15 is 0 Å². The number of benzene rings is 1. The number of halogens is 1. The van der Waals surface area contributed by atoms with Gasteiger partial charge in [0.25, 0.3) is 5.91 Å².